The highest BCUT2D eigenvalue weighted by atomic mass is 32.2. The Hall–Kier alpha value is -1.73. The third-order valence-electron chi connectivity index (χ3n) is 4.34. The molecule has 1 aromatic carbocycles. The fourth-order valence-corrected chi connectivity index (χ4v) is 3.65. The van der Waals surface area contributed by atoms with Crippen LogP contribution in [0.3, 0.4) is 0 Å². The van der Waals surface area contributed by atoms with Gasteiger partial charge in [0.2, 0.25) is 0 Å². The topological polar surface area (TPSA) is 90.9 Å². The quantitative estimate of drug-likeness (QED) is 0.922. The van der Waals surface area contributed by atoms with Gasteiger partial charge >= 0.3 is 0 Å². The summed E-state index contributed by atoms with van der Waals surface area (Å²) >= 11 is 0. The highest BCUT2D eigenvalue weighted by molar-refractivity contribution is 7.89. The summed E-state index contributed by atoms with van der Waals surface area (Å²) in [6.45, 7) is 0. The van der Waals surface area contributed by atoms with E-state index in [4.69, 9.17) is 5.14 Å². The number of benzene rings is 1. The van der Waals surface area contributed by atoms with Crippen LogP contribution in [0.1, 0.15) is 43.1 Å². The van der Waals surface area contributed by atoms with Gasteiger partial charge in [0.25, 0.3) is 15.2 Å². The second-order valence-corrected chi connectivity index (χ2v) is 7.36. The molecule has 7 heteroatoms. The van der Waals surface area contributed by atoms with Gasteiger partial charge in [-0.05, 0) is 31.2 Å². The Morgan fingerprint density at radius 2 is 1.81 bits per heavy atom. The van der Waals surface area contributed by atoms with Gasteiger partial charge in [0, 0.05) is 6.04 Å². The van der Waals surface area contributed by atoms with Crippen molar-refractivity contribution in [1.29, 1.82) is 0 Å². The molecule has 2 aliphatic carbocycles. The lowest BCUT2D eigenvalue weighted by Gasteiger charge is -2.17. The number of primary sulfonamides is 1. The number of sulfonamides is 1. The number of rotatable bonds is 4. The highest BCUT2D eigenvalue weighted by Gasteiger charge is 2.52. The van der Waals surface area contributed by atoms with Gasteiger partial charge in [-0.25, -0.2) is 13.6 Å². The first-order chi connectivity index (χ1) is 10.0. The molecule has 110 valence electrons. The molecular formula is C14H16N4O2S. The van der Waals surface area contributed by atoms with Gasteiger partial charge in [0.05, 0.1) is 5.41 Å². The zero-order chi connectivity index (χ0) is 14.7. The summed E-state index contributed by atoms with van der Waals surface area (Å²) in [5.74, 6) is 0.750. The normalized spacial score (nSPS) is 20.4. The lowest BCUT2D eigenvalue weighted by molar-refractivity contribution is 0.549. The molecule has 6 nitrogen and oxygen atoms in total. The minimum absolute atomic E-state index is 0.0952. The Morgan fingerprint density at radius 1 is 1.14 bits per heavy atom. The molecule has 2 saturated carbocycles. The molecule has 0 atom stereocenters. The first-order valence-corrected chi connectivity index (χ1v) is 8.61. The van der Waals surface area contributed by atoms with Crippen LogP contribution in [0.4, 0.5) is 0 Å². The van der Waals surface area contributed by atoms with Crippen LogP contribution in [0.2, 0.25) is 0 Å². The molecule has 0 radical (unpaired) electrons. The lowest BCUT2D eigenvalue weighted by atomic mass is 9.95. The highest BCUT2D eigenvalue weighted by Crippen LogP contribution is 2.54. The maximum absolute atomic E-state index is 11.7. The summed E-state index contributed by atoms with van der Waals surface area (Å²) < 4.78 is 25.2. The fraction of sp³-hybridized carbons (Fsp3) is 0.429. The van der Waals surface area contributed by atoms with Crippen molar-refractivity contribution in [2.75, 3.05) is 0 Å². The predicted molar refractivity (Wildman–Crippen MR) is 76.1 cm³/mol. The molecule has 0 spiro atoms. The van der Waals surface area contributed by atoms with Crippen molar-refractivity contribution in [2.24, 2.45) is 5.14 Å². The molecule has 0 saturated heterocycles. The smallest absolute Gasteiger partial charge is 0.273 e. The van der Waals surface area contributed by atoms with Gasteiger partial charge in [-0.2, -0.15) is 0 Å². The maximum atomic E-state index is 11.7. The number of hydrogen-bond donors (Lipinski definition) is 1. The van der Waals surface area contributed by atoms with Gasteiger partial charge in [-0.15, -0.1) is 10.2 Å². The van der Waals surface area contributed by atoms with Crippen molar-refractivity contribution in [3.63, 3.8) is 0 Å². The maximum Gasteiger partial charge on any atom is 0.273 e. The molecule has 0 amide bonds. The van der Waals surface area contributed by atoms with E-state index in [0.717, 1.165) is 31.5 Å². The molecule has 4 rings (SSSR count). The molecular weight excluding hydrogens is 288 g/mol. The van der Waals surface area contributed by atoms with E-state index in [-0.39, 0.29) is 16.6 Å². The zero-order valence-corrected chi connectivity index (χ0v) is 12.3. The van der Waals surface area contributed by atoms with E-state index in [1.54, 1.807) is 4.57 Å². The molecule has 0 unspecified atom stereocenters. The van der Waals surface area contributed by atoms with Crippen molar-refractivity contribution in [3.8, 4) is 0 Å². The summed E-state index contributed by atoms with van der Waals surface area (Å²) in [6.07, 6.45) is 3.84. The number of nitrogens with two attached hydrogens (primary N) is 1. The first kappa shape index (κ1) is 13.0. The van der Waals surface area contributed by atoms with Gasteiger partial charge < -0.3 is 0 Å². The zero-order valence-electron chi connectivity index (χ0n) is 11.4. The molecule has 2 aromatic rings. The monoisotopic (exact) mass is 304 g/mol. The Balaban J connectivity index is 1.89. The molecule has 2 fully saturated rings. The Bertz CT molecular complexity index is 790. The fourth-order valence-electron chi connectivity index (χ4n) is 2.98. The second-order valence-electron chi connectivity index (χ2n) is 5.90. The van der Waals surface area contributed by atoms with Gasteiger partial charge in [-0.1, -0.05) is 30.3 Å². The van der Waals surface area contributed by atoms with Gasteiger partial charge in [0.1, 0.15) is 5.82 Å². The summed E-state index contributed by atoms with van der Waals surface area (Å²) in [4.78, 5) is 0. The van der Waals surface area contributed by atoms with Gasteiger partial charge in [-0.3, -0.25) is 4.57 Å². The number of nitrogens with zero attached hydrogens (tertiary/aromatic N) is 3. The van der Waals surface area contributed by atoms with Crippen LogP contribution >= 0.6 is 0 Å². The molecule has 21 heavy (non-hydrogen) atoms. The van der Waals surface area contributed by atoms with E-state index >= 15 is 0 Å². The van der Waals surface area contributed by atoms with E-state index < -0.39 is 10.0 Å². The molecule has 1 heterocycles. The van der Waals surface area contributed by atoms with E-state index in [1.807, 2.05) is 18.2 Å². The summed E-state index contributed by atoms with van der Waals surface area (Å²) in [6, 6.07) is 10.3. The molecule has 2 N–H and O–H groups in total. The van der Waals surface area contributed by atoms with Crippen LogP contribution in [0.15, 0.2) is 35.5 Å². The Kier molecular flexibility index (Phi) is 2.56. The lowest BCUT2D eigenvalue weighted by Crippen LogP contribution is -2.22. The van der Waals surface area contributed by atoms with E-state index in [2.05, 4.69) is 22.3 Å². The van der Waals surface area contributed by atoms with Crippen molar-refractivity contribution < 1.29 is 8.42 Å². The minimum atomic E-state index is -3.84. The van der Waals surface area contributed by atoms with Crippen molar-refractivity contribution in [3.05, 3.63) is 41.7 Å². The SMILES string of the molecule is NS(=O)(=O)c1nnc(C2(c3ccccc3)CC2)n1C1CC1. The average molecular weight is 304 g/mol. The average Bonchev–Trinajstić information content (AvgIpc) is 3.38. The van der Waals surface area contributed by atoms with Crippen molar-refractivity contribution >= 4 is 10.0 Å². The van der Waals surface area contributed by atoms with Crippen LogP contribution < -0.4 is 5.14 Å². The van der Waals surface area contributed by atoms with Crippen molar-refractivity contribution in [1.82, 2.24) is 14.8 Å². The van der Waals surface area contributed by atoms with E-state index in [9.17, 15) is 8.42 Å². The Labute approximate surface area is 123 Å². The largest absolute Gasteiger partial charge is 0.297 e. The van der Waals surface area contributed by atoms with Crippen LogP contribution in [0, 0.1) is 0 Å². The Morgan fingerprint density at radius 3 is 2.33 bits per heavy atom. The predicted octanol–water partition coefficient (Wildman–Crippen LogP) is 1.34. The molecule has 0 aliphatic heterocycles. The third-order valence-corrected chi connectivity index (χ3v) is 5.12. The summed E-state index contributed by atoms with van der Waals surface area (Å²) in [5.41, 5.74) is 0.972. The van der Waals surface area contributed by atoms with Crippen LogP contribution in [0.25, 0.3) is 0 Å². The van der Waals surface area contributed by atoms with Crippen LogP contribution in [0.5, 0.6) is 0 Å². The van der Waals surface area contributed by atoms with E-state index in [1.165, 1.54) is 5.56 Å². The second kappa shape index (κ2) is 4.14. The third kappa shape index (κ3) is 1.99. The standard InChI is InChI=1S/C14H16N4O2S/c15-21(19,20)13-17-16-12(18(13)11-6-7-11)14(8-9-14)10-4-2-1-3-5-10/h1-5,11H,6-9H2,(H2,15,19,20). The summed E-state index contributed by atoms with van der Waals surface area (Å²) in [5, 5.41) is 13.3. The molecule has 1 aromatic heterocycles. The molecule has 0 bridgehead atoms. The molecule has 2 aliphatic rings. The first-order valence-electron chi connectivity index (χ1n) is 7.06. The van der Waals surface area contributed by atoms with E-state index in [0.29, 0.717) is 0 Å². The van der Waals surface area contributed by atoms with Gasteiger partial charge in [0.15, 0.2) is 0 Å². The number of hydrogen-bond acceptors (Lipinski definition) is 4. The van der Waals surface area contributed by atoms with Crippen LogP contribution in [-0.4, -0.2) is 23.2 Å². The minimum Gasteiger partial charge on any atom is -0.297 e. The summed E-state index contributed by atoms with van der Waals surface area (Å²) in [7, 11) is -3.84. The van der Waals surface area contributed by atoms with Crippen LogP contribution in [-0.2, 0) is 15.4 Å². The number of aromatic nitrogens is 3. The van der Waals surface area contributed by atoms with Crippen molar-refractivity contribution in [2.45, 2.75) is 42.3 Å².